The van der Waals surface area contributed by atoms with E-state index >= 15 is 0 Å². The molecule has 0 aliphatic heterocycles. The maximum Gasteiger partial charge on any atom is 0.127 e. The summed E-state index contributed by atoms with van der Waals surface area (Å²) in [6.07, 6.45) is 1.64. The van der Waals surface area contributed by atoms with Gasteiger partial charge in [0.05, 0.1) is 0 Å². The van der Waals surface area contributed by atoms with Crippen molar-refractivity contribution in [3.63, 3.8) is 0 Å². The molecule has 12 heavy (non-hydrogen) atoms. The number of rotatable bonds is 3. The topological polar surface area (TPSA) is 17.1 Å². The fourth-order valence-electron chi connectivity index (χ4n) is 0.939. The van der Waals surface area contributed by atoms with Crippen molar-refractivity contribution in [2.75, 3.05) is 0 Å². The van der Waals surface area contributed by atoms with E-state index in [1.54, 1.807) is 12.1 Å². The first kappa shape index (κ1) is 9.39. The number of aldehydes is 1. The first-order chi connectivity index (χ1) is 5.74. The maximum atomic E-state index is 13.0. The van der Waals surface area contributed by atoms with E-state index < -0.39 is 0 Å². The summed E-state index contributed by atoms with van der Waals surface area (Å²) >= 11 is 3.15. The van der Waals surface area contributed by atoms with E-state index in [1.165, 1.54) is 6.07 Å². The lowest BCUT2D eigenvalue weighted by Crippen LogP contribution is -1.90. The Balaban J connectivity index is 2.78. The van der Waals surface area contributed by atoms with Crippen molar-refractivity contribution in [2.24, 2.45) is 0 Å². The fourth-order valence-corrected chi connectivity index (χ4v) is 1.27. The summed E-state index contributed by atoms with van der Waals surface area (Å²) in [4.78, 5) is 10.0. The van der Waals surface area contributed by atoms with E-state index in [2.05, 4.69) is 15.9 Å². The minimum absolute atomic E-state index is 0.258. The summed E-state index contributed by atoms with van der Waals surface area (Å²) < 4.78 is 13.7. The molecule has 0 fully saturated rings. The number of hydrogen-bond acceptors (Lipinski definition) is 1. The predicted molar refractivity (Wildman–Crippen MR) is 48.5 cm³/mol. The summed E-state index contributed by atoms with van der Waals surface area (Å²) in [7, 11) is 0. The molecule has 1 aromatic rings. The summed E-state index contributed by atoms with van der Waals surface area (Å²) in [6.45, 7) is 0. The van der Waals surface area contributed by atoms with Gasteiger partial charge in [-0.05, 0) is 24.1 Å². The molecule has 0 saturated heterocycles. The van der Waals surface area contributed by atoms with Gasteiger partial charge in [0, 0.05) is 10.9 Å². The van der Waals surface area contributed by atoms with E-state index in [9.17, 15) is 9.18 Å². The lowest BCUT2D eigenvalue weighted by Gasteiger charge is -1.99. The highest BCUT2D eigenvalue weighted by Gasteiger charge is 2.01. The third-order valence-corrected chi connectivity index (χ3v) is 2.04. The van der Waals surface area contributed by atoms with Crippen LogP contribution in [0.2, 0.25) is 0 Å². The third kappa shape index (κ3) is 2.41. The van der Waals surface area contributed by atoms with E-state index in [0.717, 1.165) is 10.8 Å². The molecule has 1 rings (SSSR count). The van der Waals surface area contributed by atoms with Crippen molar-refractivity contribution in [2.45, 2.75) is 12.8 Å². The Morgan fingerprint density at radius 2 is 2.25 bits per heavy atom. The summed E-state index contributed by atoms with van der Waals surface area (Å²) in [5, 5.41) is 0. The van der Waals surface area contributed by atoms with Gasteiger partial charge in [0.2, 0.25) is 0 Å². The first-order valence-corrected chi connectivity index (χ1v) is 4.41. The van der Waals surface area contributed by atoms with Gasteiger partial charge in [-0.15, -0.1) is 0 Å². The lowest BCUT2D eigenvalue weighted by atomic mass is 10.1. The van der Waals surface area contributed by atoms with Gasteiger partial charge in [0.15, 0.2) is 0 Å². The van der Waals surface area contributed by atoms with Gasteiger partial charge < -0.3 is 4.79 Å². The zero-order valence-electron chi connectivity index (χ0n) is 6.39. The predicted octanol–water partition coefficient (Wildman–Crippen LogP) is 2.72. The number of aryl methyl sites for hydroxylation is 1. The molecular formula is C9H8BrFO. The molecule has 0 N–H and O–H groups in total. The molecule has 0 spiro atoms. The van der Waals surface area contributed by atoms with Crippen molar-refractivity contribution in [3.8, 4) is 0 Å². The molecule has 0 unspecified atom stereocenters. The fraction of sp³-hybridized carbons (Fsp3) is 0.222. The van der Waals surface area contributed by atoms with Gasteiger partial charge in [0.1, 0.15) is 12.1 Å². The van der Waals surface area contributed by atoms with E-state index in [1.807, 2.05) is 0 Å². The number of carbonyl (C=O) groups is 1. The Hall–Kier alpha value is -0.700. The minimum Gasteiger partial charge on any atom is -0.303 e. The maximum absolute atomic E-state index is 13.0. The quantitative estimate of drug-likeness (QED) is 0.731. The Kier molecular flexibility index (Phi) is 3.41. The van der Waals surface area contributed by atoms with Gasteiger partial charge >= 0.3 is 0 Å². The van der Waals surface area contributed by atoms with Crippen molar-refractivity contribution in [1.82, 2.24) is 0 Å². The van der Waals surface area contributed by atoms with E-state index in [0.29, 0.717) is 18.4 Å². The third-order valence-electron chi connectivity index (χ3n) is 1.55. The molecule has 0 aliphatic carbocycles. The Bertz CT molecular complexity index is 286. The van der Waals surface area contributed by atoms with Crippen LogP contribution in [0.1, 0.15) is 12.0 Å². The van der Waals surface area contributed by atoms with Crippen molar-refractivity contribution < 1.29 is 9.18 Å². The smallest absolute Gasteiger partial charge is 0.127 e. The molecule has 0 amide bonds. The zero-order valence-corrected chi connectivity index (χ0v) is 7.97. The number of carbonyl (C=O) groups excluding carboxylic acids is 1. The lowest BCUT2D eigenvalue weighted by molar-refractivity contribution is -0.107. The van der Waals surface area contributed by atoms with Gasteiger partial charge in [-0.3, -0.25) is 0 Å². The number of halogens is 2. The highest BCUT2D eigenvalue weighted by Crippen LogP contribution is 2.15. The Labute approximate surface area is 78.7 Å². The second-order valence-corrected chi connectivity index (χ2v) is 3.36. The van der Waals surface area contributed by atoms with Gasteiger partial charge in [0.25, 0.3) is 0 Å². The molecule has 0 aromatic heterocycles. The van der Waals surface area contributed by atoms with Crippen LogP contribution >= 0.6 is 15.9 Å². The van der Waals surface area contributed by atoms with Crippen LogP contribution in [0.15, 0.2) is 22.7 Å². The SMILES string of the molecule is O=CCCc1ccc(Br)cc1F. The highest BCUT2D eigenvalue weighted by molar-refractivity contribution is 9.10. The average Bonchev–Trinajstić information content (AvgIpc) is 2.03. The van der Waals surface area contributed by atoms with Crippen LogP contribution in [0.25, 0.3) is 0 Å². The number of benzene rings is 1. The second-order valence-electron chi connectivity index (χ2n) is 2.44. The van der Waals surface area contributed by atoms with Gasteiger partial charge in [-0.25, -0.2) is 4.39 Å². The first-order valence-electron chi connectivity index (χ1n) is 3.61. The van der Waals surface area contributed by atoms with Crippen LogP contribution in [0.4, 0.5) is 4.39 Å². The summed E-state index contributed by atoms with van der Waals surface area (Å²) in [5.74, 6) is -0.258. The van der Waals surface area contributed by atoms with Crippen LogP contribution in [0.3, 0.4) is 0 Å². The Morgan fingerprint density at radius 1 is 1.50 bits per heavy atom. The molecule has 3 heteroatoms. The van der Waals surface area contributed by atoms with Crippen LogP contribution in [-0.4, -0.2) is 6.29 Å². The highest BCUT2D eigenvalue weighted by atomic mass is 79.9. The van der Waals surface area contributed by atoms with Crippen molar-refractivity contribution in [1.29, 1.82) is 0 Å². The molecular weight excluding hydrogens is 223 g/mol. The van der Waals surface area contributed by atoms with Gasteiger partial charge in [-0.1, -0.05) is 22.0 Å². The van der Waals surface area contributed by atoms with E-state index in [4.69, 9.17) is 0 Å². The molecule has 64 valence electrons. The van der Waals surface area contributed by atoms with Crippen LogP contribution in [0, 0.1) is 5.82 Å². The molecule has 0 bridgehead atoms. The van der Waals surface area contributed by atoms with Crippen molar-refractivity contribution >= 4 is 22.2 Å². The molecule has 0 saturated carbocycles. The number of hydrogen-bond donors (Lipinski definition) is 0. The van der Waals surface area contributed by atoms with Crippen molar-refractivity contribution in [3.05, 3.63) is 34.1 Å². The normalized spacial score (nSPS) is 9.83. The monoisotopic (exact) mass is 230 g/mol. The Morgan fingerprint density at radius 3 is 2.83 bits per heavy atom. The second kappa shape index (κ2) is 4.36. The summed E-state index contributed by atoms with van der Waals surface area (Å²) in [5.41, 5.74) is 0.588. The molecule has 0 atom stereocenters. The summed E-state index contributed by atoms with van der Waals surface area (Å²) in [6, 6.07) is 4.85. The van der Waals surface area contributed by atoms with Gasteiger partial charge in [-0.2, -0.15) is 0 Å². The largest absolute Gasteiger partial charge is 0.303 e. The molecule has 1 aromatic carbocycles. The molecule has 0 aliphatic rings. The van der Waals surface area contributed by atoms with E-state index in [-0.39, 0.29) is 5.82 Å². The molecule has 0 heterocycles. The average molecular weight is 231 g/mol. The minimum atomic E-state index is -0.258. The zero-order chi connectivity index (χ0) is 8.97. The van der Waals surface area contributed by atoms with Crippen LogP contribution in [-0.2, 0) is 11.2 Å². The molecule has 0 radical (unpaired) electrons. The molecule has 1 nitrogen and oxygen atoms in total. The standard InChI is InChI=1S/C9H8BrFO/c10-8-4-3-7(2-1-5-12)9(11)6-8/h3-6H,1-2H2. The van der Waals surface area contributed by atoms with Crippen LogP contribution < -0.4 is 0 Å². The van der Waals surface area contributed by atoms with Crippen LogP contribution in [0.5, 0.6) is 0 Å².